The Kier molecular flexibility index (Phi) is 19.7. The molecule has 12 nitrogen and oxygen atoms in total. The van der Waals surface area contributed by atoms with E-state index >= 15 is 0 Å². The van der Waals surface area contributed by atoms with Crippen LogP contribution in [0.15, 0.2) is 30.3 Å². The van der Waals surface area contributed by atoms with Crippen LogP contribution >= 0.6 is 12.4 Å². The minimum absolute atomic E-state index is 0. The SMILES string of the molecule is CC(C)C[C@@H](C#N)NC(=O)[C@@H]1CCCC[C@@H]1N.CC(C)C[C@@H](C#N)NC(=O)[C@@H]1CCCC[C@@H]1NC(=O)c1cc2ccccc2n1CCOCCO.Cl. The van der Waals surface area contributed by atoms with Crippen molar-refractivity contribution < 1.29 is 24.2 Å². The molecule has 0 radical (unpaired) electrons. The van der Waals surface area contributed by atoms with Gasteiger partial charge < -0.3 is 36.1 Å². The molecule has 6 N–H and O–H groups in total. The number of ether oxygens (including phenoxy) is 1. The number of amides is 3. The number of aliphatic hydroxyl groups is 1. The van der Waals surface area contributed by atoms with E-state index in [4.69, 9.17) is 20.8 Å². The summed E-state index contributed by atoms with van der Waals surface area (Å²) in [5.74, 6) is -0.171. The van der Waals surface area contributed by atoms with Crippen LogP contribution in [0.2, 0.25) is 0 Å². The maximum Gasteiger partial charge on any atom is 0.268 e. The van der Waals surface area contributed by atoms with E-state index in [-0.39, 0.29) is 73.3 Å². The average Bonchev–Trinajstić information content (AvgIpc) is 3.48. The third-order valence-electron chi connectivity index (χ3n) is 9.67. The van der Waals surface area contributed by atoms with Gasteiger partial charge in [0.2, 0.25) is 11.8 Å². The van der Waals surface area contributed by atoms with Crippen LogP contribution in [-0.4, -0.2) is 71.4 Å². The van der Waals surface area contributed by atoms with Crippen molar-refractivity contribution >= 4 is 41.0 Å². The Morgan fingerprint density at radius 3 is 2.02 bits per heavy atom. The summed E-state index contributed by atoms with van der Waals surface area (Å²) in [7, 11) is 0. The number of halogens is 1. The number of hydrogen-bond acceptors (Lipinski definition) is 8. The van der Waals surface area contributed by atoms with Gasteiger partial charge in [0, 0.05) is 29.5 Å². The van der Waals surface area contributed by atoms with Crippen LogP contribution in [0.5, 0.6) is 0 Å². The van der Waals surface area contributed by atoms with Gasteiger partial charge in [0.1, 0.15) is 17.8 Å². The molecule has 3 amide bonds. The molecule has 2 aliphatic carbocycles. The van der Waals surface area contributed by atoms with Crippen LogP contribution in [0, 0.1) is 46.3 Å². The lowest BCUT2D eigenvalue weighted by Gasteiger charge is -2.32. The lowest BCUT2D eigenvalue weighted by molar-refractivity contribution is -0.127. The molecule has 52 heavy (non-hydrogen) atoms. The molecule has 0 spiro atoms. The lowest BCUT2D eigenvalue weighted by atomic mass is 9.83. The number of para-hydroxylation sites is 1. The van der Waals surface area contributed by atoms with Gasteiger partial charge in [-0.05, 0) is 62.5 Å². The maximum absolute atomic E-state index is 13.4. The summed E-state index contributed by atoms with van der Waals surface area (Å²) in [6.07, 6.45) is 8.53. The van der Waals surface area contributed by atoms with E-state index in [1.807, 2.05) is 62.6 Å². The van der Waals surface area contributed by atoms with Gasteiger partial charge in [-0.2, -0.15) is 10.5 Å². The largest absolute Gasteiger partial charge is 0.394 e. The zero-order valence-corrected chi connectivity index (χ0v) is 32.1. The lowest BCUT2D eigenvalue weighted by Crippen LogP contribution is -2.50. The van der Waals surface area contributed by atoms with Crippen molar-refractivity contribution in [1.29, 1.82) is 10.5 Å². The number of nitrogens with one attached hydrogen (secondary N) is 3. The zero-order chi connectivity index (χ0) is 37.3. The van der Waals surface area contributed by atoms with Crippen molar-refractivity contribution in [2.75, 3.05) is 19.8 Å². The first-order valence-electron chi connectivity index (χ1n) is 18.7. The van der Waals surface area contributed by atoms with Crippen LogP contribution in [0.3, 0.4) is 0 Å². The first kappa shape index (κ1) is 44.5. The van der Waals surface area contributed by atoms with Crippen LogP contribution in [0.4, 0.5) is 0 Å². The third kappa shape index (κ3) is 13.7. The molecule has 2 saturated carbocycles. The van der Waals surface area contributed by atoms with Crippen molar-refractivity contribution in [1.82, 2.24) is 20.5 Å². The first-order chi connectivity index (χ1) is 24.5. The minimum Gasteiger partial charge on any atom is -0.394 e. The average molecular weight is 742 g/mol. The van der Waals surface area contributed by atoms with E-state index in [9.17, 15) is 19.6 Å². The third-order valence-corrected chi connectivity index (χ3v) is 9.67. The van der Waals surface area contributed by atoms with Crippen LogP contribution in [0.25, 0.3) is 10.9 Å². The smallest absolute Gasteiger partial charge is 0.268 e. The first-order valence-corrected chi connectivity index (χ1v) is 18.7. The Labute approximate surface area is 315 Å². The zero-order valence-electron chi connectivity index (χ0n) is 31.3. The fourth-order valence-electron chi connectivity index (χ4n) is 7.09. The maximum atomic E-state index is 13.4. The predicted molar refractivity (Wildman–Crippen MR) is 204 cm³/mol. The van der Waals surface area contributed by atoms with Crippen LogP contribution in [-0.2, 0) is 20.9 Å². The molecule has 1 heterocycles. The van der Waals surface area contributed by atoms with E-state index in [1.165, 1.54) is 0 Å². The Morgan fingerprint density at radius 2 is 1.44 bits per heavy atom. The highest BCUT2D eigenvalue weighted by molar-refractivity contribution is 5.99. The summed E-state index contributed by atoms with van der Waals surface area (Å²) in [6.45, 7) is 9.19. The Hall–Kier alpha value is -3.68. The summed E-state index contributed by atoms with van der Waals surface area (Å²) in [5.41, 5.74) is 7.41. The molecule has 0 unspecified atom stereocenters. The highest BCUT2D eigenvalue weighted by atomic mass is 35.5. The summed E-state index contributed by atoms with van der Waals surface area (Å²) in [5, 5.41) is 37.2. The van der Waals surface area contributed by atoms with E-state index < -0.39 is 6.04 Å². The minimum atomic E-state index is -0.521. The quantitative estimate of drug-likeness (QED) is 0.158. The van der Waals surface area contributed by atoms with Crippen molar-refractivity contribution in [3.05, 3.63) is 36.0 Å². The fourth-order valence-corrected chi connectivity index (χ4v) is 7.09. The summed E-state index contributed by atoms with van der Waals surface area (Å²) in [6, 6.07) is 12.8. The normalized spacial score (nSPS) is 21.0. The van der Waals surface area contributed by atoms with Gasteiger partial charge in [-0.25, -0.2) is 0 Å². The summed E-state index contributed by atoms with van der Waals surface area (Å²) >= 11 is 0. The molecular formula is C39H60ClN7O5. The number of rotatable bonds is 15. The van der Waals surface area contributed by atoms with Gasteiger partial charge in [-0.3, -0.25) is 14.4 Å². The molecular weight excluding hydrogens is 682 g/mol. The highest BCUT2D eigenvalue weighted by Gasteiger charge is 2.34. The Morgan fingerprint density at radius 1 is 0.885 bits per heavy atom. The van der Waals surface area contributed by atoms with Gasteiger partial charge in [-0.15, -0.1) is 12.4 Å². The van der Waals surface area contributed by atoms with Gasteiger partial charge in [0.25, 0.3) is 5.91 Å². The number of hydrogen-bond donors (Lipinski definition) is 5. The van der Waals surface area contributed by atoms with Crippen molar-refractivity contribution in [2.45, 2.75) is 123 Å². The molecule has 6 atom stereocenters. The number of benzene rings is 1. The predicted octanol–water partition coefficient (Wildman–Crippen LogP) is 4.97. The van der Waals surface area contributed by atoms with Crippen molar-refractivity contribution in [2.24, 2.45) is 29.4 Å². The number of nitriles is 2. The van der Waals surface area contributed by atoms with Crippen molar-refractivity contribution in [3.8, 4) is 12.1 Å². The van der Waals surface area contributed by atoms with Gasteiger partial charge in [-0.1, -0.05) is 71.6 Å². The van der Waals surface area contributed by atoms with Crippen LogP contribution < -0.4 is 21.7 Å². The number of aliphatic hydroxyl groups excluding tert-OH is 1. The molecule has 0 bridgehead atoms. The molecule has 1 aromatic carbocycles. The molecule has 13 heteroatoms. The fraction of sp³-hybridized carbons (Fsp3) is 0.667. The number of fused-ring (bicyclic) bond motifs is 1. The highest BCUT2D eigenvalue weighted by Crippen LogP contribution is 2.27. The number of aromatic nitrogens is 1. The summed E-state index contributed by atoms with van der Waals surface area (Å²) in [4.78, 5) is 38.4. The molecule has 2 aliphatic rings. The molecule has 2 fully saturated rings. The van der Waals surface area contributed by atoms with E-state index in [0.29, 0.717) is 49.9 Å². The van der Waals surface area contributed by atoms with Crippen LogP contribution in [0.1, 0.15) is 102 Å². The van der Waals surface area contributed by atoms with Gasteiger partial charge in [0.05, 0.1) is 43.8 Å². The molecule has 0 aliphatic heterocycles. The standard InChI is InChI=1S/C26H36N4O4.C13H23N3O.ClH/c1-18(2)15-20(17-27)28-25(32)21-8-4-5-9-22(21)29-26(33)24-16-19-7-3-6-10-23(19)30(24)11-13-34-14-12-31;1-9(2)7-10(8-14)16-13(17)11-5-3-4-6-12(11)15;/h3,6-7,10,16,18,20-22,31H,4-5,8-9,11-15H2,1-2H3,(H,28,32)(H,29,33);9-12H,3-7,15H2,1-2H3,(H,16,17);1H/t20-,21+,22-;10-,11+,12-;/m00./s1. The van der Waals surface area contributed by atoms with E-state index in [1.54, 1.807) is 0 Å². The topological polar surface area (TPSA) is 195 Å². The van der Waals surface area contributed by atoms with Gasteiger partial charge >= 0.3 is 0 Å². The molecule has 2 aromatic rings. The van der Waals surface area contributed by atoms with Gasteiger partial charge in [0.15, 0.2) is 0 Å². The van der Waals surface area contributed by atoms with E-state index in [0.717, 1.165) is 55.8 Å². The molecule has 4 rings (SSSR count). The van der Waals surface area contributed by atoms with Crippen molar-refractivity contribution in [3.63, 3.8) is 0 Å². The molecule has 288 valence electrons. The second-order valence-electron chi connectivity index (χ2n) is 14.7. The number of carbonyl (C=O) groups is 3. The van der Waals surface area contributed by atoms with E-state index in [2.05, 4.69) is 28.1 Å². The number of nitrogens with two attached hydrogens (primary N) is 1. The molecule has 1 aromatic heterocycles. The number of nitrogens with zero attached hydrogens (tertiary/aromatic N) is 3. The second-order valence-corrected chi connectivity index (χ2v) is 14.7. The second kappa shape index (κ2) is 23.1. The summed E-state index contributed by atoms with van der Waals surface area (Å²) < 4.78 is 7.36. The Bertz CT molecular complexity index is 1500. The number of carbonyl (C=O) groups excluding carboxylic acids is 3. The Balaban J connectivity index is 0.000000439. The molecule has 0 saturated heterocycles. The monoisotopic (exact) mass is 741 g/mol.